The third-order valence-electron chi connectivity index (χ3n) is 7.61. The normalized spacial score (nSPS) is 27.7. The summed E-state index contributed by atoms with van der Waals surface area (Å²) in [6, 6.07) is 15.2. The molecule has 4 fully saturated rings. The van der Waals surface area contributed by atoms with Gasteiger partial charge in [-0.15, -0.1) is 0 Å². The van der Waals surface area contributed by atoms with Crippen LogP contribution in [-0.4, -0.2) is 25.7 Å². The summed E-state index contributed by atoms with van der Waals surface area (Å²) >= 11 is 0. The summed E-state index contributed by atoms with van der Waals surface area (Å²) in [6.07, 6.45) is 7.39. The molecule has 168 valence electrons. The number of hydrogen-bond donors (Lipinski definition) is 0. The van der Waals surface area contributed by atoms with Gasteiger partial charge >= 0.3 is 11.9 Å². The number of esters is 2. The van der Waals surface area contributed by atoms with Crippen LogP contribution in [0.15, 0.2) is 48.5 Å². The van der Waals surface area contributed by atoms with E-state index in [1.807, 2.05) is 42.5 Å². The van der Waals surface area contributed by atoms with E-state index in [2.05, 4.69) is 0 Å². The van der Waals surface area contributed by atoms with E-state index in [-0.39, 0.29) is 24.6 Å². The van der Waals surface area contributed by atoms with E-state index in [1.54, 1.807) is 6.07 Å². The van der Waals surface area contributed by atoms with Crippen LogP contribution in [0.5, 0.6) is 5.75 Å². The van der Waals surface area contributed by atoms with Crippen molar-refractivity contribution in [3.63, 3.8) is 0 Å². The minimum absolute atomic E-state index is 0.0237. The van der Waals surface area contributed by atoms with Crippen molar-refractivity contribution in [2.24, 2.45) is 17.8 Å². The van der Waals surface area contributed by atoms with Gasteiger partial charge in [0.1, 0.15) is 12.4 Å². The van der Waals surface area contributed by atoms with Crippen LogP contribution in [0.2, 0.25) is 0 Å². The lowest BCUT2D eigenvalue weighted by Crippen LogP contribution is -2.48. The van der Waals surface area contributed by atoms with Crippen molar-refractivity contribution in [3.05, 3.63) is 65.2 Å². The van der Waals surface area contributed by atoms with Gasteiger partial charge in [-0.1, -0.05) is 30.3 Å². The van der Waals surface area contributed by atoms with E-state index < -0.39 is 5.97 Å². The van der Waals surface area contributed by atoms with E-state index in [0.717, 1.165) is 48.1 Å². The van der Waals surface area contributed by atoms with Crippen molar-refractivity contribution in [3.8, 4) is 5.75 Å². The molecule has 2 aromatic rings. The second-order valence-corrected chi connectivity index (χ2v) is 9.84. The molecule has 5 heteroatoms. The van der Waals surface area contributed by atoms with Crippen LogP contribution in [0.3, 0.4) is 0 Å². The number of hydrogen-bond acceptors (Lipinski definition) is 5. The number of rotatable bonds is 7. The lowest BCUT2D eigenvalue weighted by molar-refractivity contribution is -0.143. The first-order chi connectivity index (χ1) is 15.5. The molecule has 4 aliphatic carbocycles. The first kappa shape index (κ1) is 21.0. The number of methoxy groups -OCH3 is 1. The van der Waals surface area contributed by atoms with Crippen molar-refractivity contribution in [2.75, 3.05) is 13.7 Å². The molecule has 0 atom stereocenters. The quantitative estimate of drug-likeness (QED) is 0.570. The molecule has 5 nitrogen and oxygen atoms in total. The molecule has 4 bridgehead atoms. The second kappa shape index (κ2) is 8.61. The van der Waals surface area contributed by atoms with E-state index in [0.29, 0.717) is 11.3 Å². The molecule has 6 rings (SSSR count). The van der Waals surface area contributed by atoms with E-state index in [4.69, 9.17) is 14.2 Å². The molecule has 32 heavy (non-hydrogen) atoms. The van der Waals surface area contributed by atoms with Gasteiger partial charge in [0.15, 0.2) is 6.61 Å². The molecule has 2 aromatic carbocycles. The van der Waals surface area contributed by atoms with Gasteiger partial charge in [0.2, 0.25) is 0 Å². The molecule has 0 aliphatic heterocycles. The highest BCUT2D eigenvalue weighted by molar-refractivity contribution is 5.90. The lowest BCUT2D eigenvalue weighted by atomic mass is 9.48. The fraction of sp³-hybridized carbons (Fsp3) is 0.481. The Morgan fingerprint density at radius 2 is 1.59 bits per heavy atom. The van der Waals surface area contributed by atoms with Crippen LogP contribution in [0.4, 0.5) is 0 Å². The van der Waals surface area contributed by atoms with Gasteiger partial charge in [-0.05, 0) is 85.5 Å². The van der Waals surface area contributed by atoms with Gasteiger partial charge < -0.3 is 14.2 Å². The standard InChI is InChI=1S/C27H30O5/c1-30-25(28)17-31-24-8-7-22(26(29)32-16-18-5-3-2-4-6-18)12-23(24)27-13-19-9-20(14-27)11-21(10-19)15-27/h2-8,12,19-21H,9-11,13-17H2,1H3. The minimum Gasteiger partial charge on any atom is -0.482 e. The number of carbonyl (C=O) groups is 2. The molecule has 0 amide bonds. The van der Waals surface area contributed by atoms with E-state index in [1.165, 1.54) is 26.4 Å². The topological polar surface area (TPSA) is 61.8 Å². The first-order valence-electron chi connectivity index (χ1n) is 11.6. The number of ether oxygens (including phenoxy) is 3. The molecule has 0 spiro atoms. The maximum Gasteiger partial charge on any atom is 0.343 e. The van der Waals surface area contributed by atoms with Crippen molar-refractivity contribution < 1.29 is 23.8 Å². The molecular weight excluding hydrogens is 404 g/mol. The van der Waals surface area contributed by atoms with Crippen molar-refractivity contribution >= 4 is 11.9 Å². The van der Waals surface area contributed by atoms with Gasteiger partial charge in [-0.2, -0.15) is 0 Å². The van der Waals surface area contributed by atoms with Crippen LogP contribution in [0.1, 0.15) is 60.0 Å². The Hall–Kier alpha value is -2.82. The summed E-state index contributed by atoms with van der Waals surface area (Å²) in [6.45, 7) is 0.112. The number of benzene rings is 2. The third kappa shape index (κ3) is 4.13. The van der Waals surface area contributed by atoms with E-state index >= 15 is 0 Å². The molecule has 0 aromatic heterocycles. The lowest BCUT2D eigenvalue weighted by Gasteiger charge is -2.57. The average Bonchev–Trinajstić information content (AvgIpc) is 2.80. The summed E-state index contributed by atoms with van der Waals surface area (Å²) in [5.74, 6) is 2.21. The average molecular weight is 435 g/mol. The van der Waals surface area contributed by atoms with Crippen LogP contribution >= 0.6 is 0 Å². The summed E-state index contributed by atoms with van der Waals surface area (Å²) in [4.78, 5) is 24.6. The Bertz CT molecular complexity index is 961. The number of carbonyl (C=O) groups excluding carboxylic acids is 2. The molecular formula is C27H30O5. The first-order valence-corrected chi connectivity index (χ1v) is 11.6. The van der Waals surface area contributed by atoms with Crippen molar-refractivity contribution in [1.29, 1.82) is 0 Å². The SMILES string of the molecule is COC(=O)COc1ccc(C(=O)OCc2ccccc2)cc1C12CC3CC(CC(C3)C1)C2. The van der Waals surface area contributed by atoms with E-state index in [9.17, 15) is 9.59 Å². The predicted octanol–water partition coefficient (Wildman–Crippen LogP) is 5.06. The van der Waals surface area contributed by atoms with Crippen LogP contribution in [0, 0.1) is 17.8 Å². The van der Waals surface area contributed by atoms with Gasteiger partial charge in [-0.3, -0.25) is 0 Å². The highest BCUT2D eigenvalue weighted by atomic mass is 16.6. The molecule has 4 aliphatic rings. The summed E-state index contributed by atoms with van der Waals surface area (Å²) < 4.78 is 16.3. The smallest absolute Gasteiger partial charge is 0.343 e. The Labute approximate surface area is 189 Å². The third-order valence-corrected chi connectivity index (χ3v) is 7.61. The van der Waals surface area contributed by atoms with Crippen molar-refractivity contribution in [1.82, 2.24) is 0 Å². The summed E-state index contributed by atoms with van der Waals surface area (Å²) in [5.41, 5.74) is 2.59. The monoisotopic (exact) mass is 434 g/mol. The van der Waals surface area contributed by atoms with Gasteiger partial charge in [0, 0.05) is 5.56 Å². The Morgan fingerprint density at radius 1 is 0.938 bits per heavy atom. The Morgan fingerprint density at radius 3 is 2.22 bits per heavy atom. The maximum absolute atomic E-state index is 12.9. The fourth-order valence-electron chi connectivity index (χ4n) is 6.64. The van der Waals surface area contributed by atoms with Crippen LogP contribution < -0.4 is 4.74 Å². The predicted molar refractivity (Wildman–Crippen MR) is 119 cm³/mol. The highest BCUT2D eigenvalue weighted by Gasteiger charge is 2.52. The molecule has 0 unspecified atom stereocenters. The summed E-state index contributed by atoms with van der Waals surface area (Å²) in [5, 5.41) is 0. The van der Waals surface area contributed by atoms with Crippen LogP contribution in [0.25, 0.3) is 0 Å². The van der Waals surface area contributed by atoms with Gasteiger partial charge in [0.05, 0.1) is 12.7 Å². The van der Waals surface area contributed by atoms with Gasteiger partial charge in [0.25, 0.3) is 0 Å². The highest BCUT2D eigenvalue weighted by Crippen LogP contribution is 2.62. The zero-order valence-corrected chi connectivity index (χ0v) is 18.5. The van der Waals surface area contributed by atoms with Crippen LogP contribution in [-0.2, 0) is 26.3 Å². The second-order valence-electron chi connectivity index (χ2n) is 9.84. The zero-order valence-electron chi connectivity index (χ0n) is 18.5. The minimum atomic E-state index is -0.409. The molecule has 0 N–H and O–H groups in total. The van der Waals surface area contributed by atoms with Gasteiger partial charge in [-0.25, -0.2) is 9.59 Å². The summed E-state index contributed by atoms with van der Waals surface area (Å²) in [7, 11) is 1.36. The fourth-order valence-corrected chi connectivity index (χ4v) is 6.64. The Balaban J connectivity index is 1.43. The zero-order chi connectivity index (χ0) is 22.1. The molecule has 4 saturated carbocycles. The molecule has 0 radical (unpaired) electrons. The Kier molecular flexibility index (Phi) is 5.66. The molecule has 0 saturated heterocycles. The largest absolute Gasteiger partial charge is 0.482 e. The van der Waals surface area contributed by atoms with Crippen molar-refractivity contribution in [2.45, 2.75) is 50.5 Å². The molecule has 0 heterocycles. The maximum atomic E-state index is 12.9.